The lowest BCUT2D eigenvalue weighted by Gasteiger charge is -2.31. The summed E-state index contributed by atoms with van der Waals surface area (Å²) in [6, 6.07) is 2.37. The molecule has 0 unspecified atom stereocenters. The van der Waals surface area contributed by atoms with Gasteiger partial charge in [0, 0.05) is 6.04 Å². The molecule has 1 aromatic carbocycles. The van der Waals surface area contributed by atoms with Gasteiger partial charge in [0.25, 0.3) is 11.8 Å². The molecule has 1 N–H and O–H groups in total. The van der Waals surface area contributed by atoms with Crippen LogP contribution in [0.3, 0.4) is 0 Å². The van der Waals surface area contributed by atoms with Gasteiger partial charge in [0.15, 0.2) is 11.5 Å². The van der Waals surface area contributed by atoms with Gasteiger partial charge in [-0.1, -0.05) is 37.1 Å². The van der Waals surface area contributed by atoms with Crippen molar-refractivity contribution in [3.05, 3.63) is 40.9 Å². The van der Waals surface area contributed by atoms with E-state index in [0.717, 1.165) is 30.6 Å². The van der Waals surface area contributed by atoms with Gasteiger partial charge in [-0.25, -0.2) is 4.79 Å². The summed E-state index contributed by atoms with van der Waals surface area (Å²) in [5, 5.41) is 2.53. The third kappa shape index (κ3) is 4.45. The molecular weight excluding hydrogens is 396 g/mol. The summed E-state index contributed by atoms with van der Waals surface area (Å²) in [5.41, 5.74) is 0.374. The van der Waals surface area contributed by atoms with Crippen molar-refractivity contribution >= 4 is 35.5 Å². The van der Waals surface area contributed by atoms with E-state index in [0.29, 0.717) is 23.7 Å². The number of hydrogen-bond donors (Lipinski definition) is 1. The topological polar surface area (TPSA) is 84.9 Å². The number of benzene rings is 1. The molecule has 1 aliphatic carbocycles. The maximum atomic E-state index is 12.9. The fraction of sp³-hybridized carbons (Fsp3) is 0.381. The summed E-state index contributed by atoms with van der Waals surface area (Å²) in [7, 11) is 0. The largest absolute Gasteiger partial charge is 0.490 e. The first-order chi connectivity index (χ1) is 14.0. The number of amides is 4. The van der Waals surface area contributed by atoms with Crippen molar-refractivity contribution < 1.29 is 23.9 Å². The zero-order valence-corrected chi connectivity index (χ0v) is 17.0. The molecule has 0 spiro atoms. The number of carbonyl (C=O) groups is 3. The number of nitrogens with one attached hydrogen (secondary N) is 1. The molecule has 0 bridgehead atoms. The Labute approximate surface area is 174 Å². The van der Waals surface area contributed by atoms with Crippen molar-refractivity contribution in [3.8, 4) is 11.5 Å². The minimum atomic E-state index is -0.727. The highest BCUT2D eigenvalue weighted by molar-refractivity contribution is 6.33. The number of halogens is 1. The van der Waals surface area contributed by atoms with Crippen LogP contribution in [0.4, 0.5) is 4.79 Å². The Hall–Kier alpha value is -2.80. The molecule has 3 rings (SSSR count). The molecule has 1 saturated heterocycles. The molecule has 1 aromatic rings. The predicted octanol–water partition coefficient (Wildman–Crippen LogP) is 3.71. The summed E-state index contributed by atoms with van der Waals surface area (Å²) >= 11 is 6.33. The Morgan fingerprint density at radius 2 is 1.97 bits per heavy atom. The van der Waals surface area contributed by atoms with Crippen molar-refractivity contribution in [2.45, 2.75) is 38.6 Å². The quantitative estimate of drug-likeness (QED) is 0.414. The summed E-state index contributed by atoms with van der Waals surface area (Å²) in [6.45, 7) is 6.05. The van der Waals surface area contributed by atoms with Crippen LogP contribution in [0, 0.1) is 0 Å². The normalized spacial score (nSPS) is 18.9. The van der Waals surface area contributed by atoms with E-state index in [2.05, 4.69) is 11.9 Å². The number of ether oxygens (including phenoxy) is 2. The highest BCUT2D eigenvalue weighted by Crippen LogP contribution is 2.37. The van der Waals surface area contributed by atoms with E-state index in [-0.39, 0.29) is 23.2 Å². The van der Waals surface area contributed by atoms with Crippen LogP contribution in [-0.4, -0.2) is 42.0 Å². The summed E-state index contributed by atoms with van der Waals surface area (Å²) in [5.74, 6) is -0.569. The van der Waals surface area contributed by atoms with Crippen molar-refractivity contribution in [3.63, 3.8) is 0 Å². The average Bonchev–Trinajstić information content (AvgIpc) is 3.19. The Morgan fingerprint density at radius 1 is 1.24 bits per heavy atom. The lowest BCUT2D eigenvalue weighted by molar-refractivity contribution is -0.131. The molecule has 0 atom stereocenters. The third-order valence-corrected chi connectivity index (χ3v) is 5.09. The van der Waals surface area contributed by atoms with Crippen LogP contribution in [0.1, 0.15) is 38.2 Å². The van der Waals surface area contributed by atoms with Gasteiger partial charge in [-0.2, -0.15) is 0 Å². The second kappa shape index (κ2) is 9.13. The monoisotopic (exact) mass is 418 g/mol. The SMILES string of the molecule is C=CCOc1c(Cl)cc(/C=C2\C(=O)NC(=O)N(C3CCCC3)C2=O)cc1OCC. The standard InChI is InChI=1S/C21H23ClN2O5/c1-3-9-29-18-16(22)11-13(12-17(18)28-4-2)10-15-19(25)23-21(27)24(20(15)26)14-7-5-6-8-14/h3,10-12,14H,1,4-9H2,2H3,(H,23,25,27)/b15-10+. The molecule has 7 nitrogen and oxygen atoms in total. The first kappa shape index (κ1) is 20.9. The molecule has 1 saturated carbocycles. The average molecular weight is 419 g/mol. The number of barbiturate groups is 1. The Kier molecular flexibility index (Phi) is 6.59. The molecule has 0 aromatic heterocycles. The van der Waals surface area contributed by atoms with Crippen molar-refractivity contribution in [2.75, 3.05) is 13.2 Å². The lowest BCUT2D eigenvalue weighted by Crippen LogP contribution is -2.57. The van der Waals surface area contributed by atoms with Crippen LogP contribution in [-0.2, 0) is 9.59 Å². The van der Waals surface area contributed by atoms with Gasteiger partial charge in [-0.3, -0.25) is 19.8 Å². The fourth-order valence-electron chi connectivity index (χ4n) is 3.55. The van der Waals surface area contributed by atoms with Crippen molar-refractivity contribution in [2.24, 2.45) is 0 Å². The van der Waals surface area contributed by atoms with Crippen molar-refractivity contribution in [1.82, 2.24) is 10.2 Å². The van der Waals surface area contributed by atoms with E-state index < -0.39 is 17.8 Å². The van der Waals surface area contributed by atoms with Crippen LogP contribution in [0.2, 0.25) is 5.02 Å². The first-order valence-corrected chi connectivity index (χ1v) is 9.94. The molecule has 0 radical (unpaired) electrons. The van der Waals surface area contributed by atoms with E-state index in [9.17, 15) is 14.4 Å². The van der Waals surface area contributed by atoms with Gasteiger partial charge in [0.05, 0.1) is 11.6 Å². The zero-order valence-electron chi connectivity index (χ0n) is 16.2. The Balaban J connectivity index is 1.96. The van der Waals surface area contributed by atoms with Crippen molar-refractivity contribution in [1.29, 1.82) is 0 Å². The molecule has 2 aliphatic rings. The summed E-state index contributed by atoms with van der Waals surface area (Å²) in [4.78, 5) is 38.6. The van der Waals surface area contributed by atoms with Gasteiger partial charge in [0.1, 0.15) is 12.2 Å². The number of urea groups is 1. The highest BCUT2D eigenvalue weighted by atomic mass is 35.5. The second-order valence-electron chi connectivity index (χ2n) is 6.79. The predicted molar refractivity (Wildman–Crippen MR) is 109 cm³/mol. The van der Waals surface area contributed by atoms with E-state index in [4.69, 9.17) is 21.1 Å². The minimum absolute atomic E-state index is 0.116. The molecule has 29 heavy (non-hydrogen) atoms. The number of carbonyl (C=O) groups excluding carboxylic acids is 3. The van der Waals surface area contributed by atoms with Gasteiger partial charge in [-0.05, 0) is 43.5 Å². The zero-order chi connectivity index (χ0) is 21.0. The molecule has 1 heterocycles. The lowest BCUT2D eigenvalue weighted by atomic mass is 10.0. The van der Waals surface area contributed by atoms with Gasteiger partial charge in [0.2, 0.25) is 0 Å². The number of rotatable bonds is 7. The maximum absolute atomic E-state index is 12.9. The Bertz CT molecular complexity index is 874. The number of imide groups is 2. The highest BCUT2D eigenvalue weighted by Gasteiger charge is 2.40. The van der Waals surface area contributed by atoms with E-state index in [1.165, 1.54) is 6.08 Å². The van der Waals surface area contributed by atoms with Crippen LogP contribution in [0.5, 0.6) is 11.5 Å². The van der Waals surface area contributed by atoms with Crippen LogP contribution in [0.15, 0.2) is 30.4 Å². The second-order valence-corrected chi connectivity index (χ2v) is 7.20. The van der Waals surface area contributed by atoms with Crippen LogP contribution < -0.4 is 14.8 Å². The molecule has 4 amide bonds. The van der Waals surface area contributed by atoms with E-state index in [1.807, 2.05) is 6.92 Å². The van der Waals surface area contributed by atoms with E-state index in [1.54, 1.807) is 18.2 Å². The minimum Gasteiger partial charge on any atom is -0.490 e. The Morgan fingerprint density at radius 3 is 2.62 bits per heavy atom. The van der Waals surface area contributed by atoms with Gasteiger partial charge < -0.3 is 9.47 Å². The molecule has 1 aliphatic heterocycles. The molecule has 8 heteroatoms. The first-order valence-electron chi connectivity index (χ1n) is 9.56. The number of hydrogen-bond acceptors (Lipinski definition) is 5. The molecule has 154 valence electrons. The number of nitrogens with zero attached hydrogens (tertiary/aromatic N) is 1. The smallest absolute Gasteiger partial charge is 0.331 e. The third-order valence-electron chi connectivity index (χ3n) is 4.81. The summed E-state index contributed by atoms with van der Waals surface area (Å²) in [6.07, 6.45) is 6.40. The van der Waals surface area contributed by atoms with Gasteiger partial charge in [-0.15, -0.1) is 0 Å². The fourth-order valence-corrected chi connectivity index (χ4v) is 3.82. The summed E-state index contributed by atoms with van der Waals surface area (Å²) < 4.78 is 11.2. The van der Waals surface area contributed by atoms with Crippen LogP contribution in [0.25, 0.3) is 6.08 Å². The van der Waals surface area contributed by atoms with Gasteiger partial charge >= 0.3 is 6.03 Å². The van der Waals surface area contributed by atoms with E-state index >= 15 is 0 Å². The molecule has 2 fully saturated rings. The molecular formula is C21H23ClN2O5. The maximum Gasteiger partial charge on any atom is 0.331 e. The van der Waals surface area contributed by atoms with Crippen LogP contribution >= 0.6 is 11.6 Å².